The maximum absolute atomic E-state index is 6.60. The molecule has 0 heterocycles. The Labute approximate surface area is 199 Å². The number of quaternary nitrogens is 1. The van der Waals surface area contributed by atoms with Gasteiger partial charge in [-0.25, -0.2) is 0 Å². The van der Waals surface area contributed by atoms with Crippen LogP contribution in [0.25, 0.3) is 0 Å². The first-order valence-electron chi connectivity index (χ1n) is 11.8. The first-order chi connectivity index (χ1) is 15.9. The number of rotatable bonds is 8. The van der Waals surface area contributed by atoms with Crippen LogP contribution in [-0.4, -0.2) is 45.1 Å². The van der Waals surface area contributed by atoms with Crippen LogP contribution in [0.5, 0.6) is 11.5 Å². The first kappa shape index (κ1) is 24.9. The summed E-state index contributed by atoms with van der Waals surface area (Å²) >= 11 is 0. The number of benzene rings is 3. The molecule has 0 amide bonds. The van der Waals surface area contributed by atoms with Crippen molar-refractivity contribution >= 4 is 7.32 Å². The predicted molar refractivity (Wildman–Crippen MR) is 135 cm³/mol. The van der Waals surface area contributed by atoms with Gasteiger partial charge in [-0.05, 0) is 37.1 Å². The molecule has 4 rings (SSSR count). The van der Waals surface area contributed by atoms with Crippen LogP contribution in [-0.2, 0) is 4.65 Å². The average molecular weight is 445 g/mol. The van der Waals surface area contributed by atoms with Gasteiger partial charge in [0.25, 0.3) is 0 Å². The molecule has 1 fully saturated rings. The summed E-state index contributed by atoms with van der Waals surface area (Å²) in [5.41, 5.74) is -0.231. The Hall–Kier alpha value is -2.76. The second-order valence-corrected chi connectivity index (χ2v) is 9.54. The lowest BCUT2D eigenvalue weighted by Gasteiger charge is -2.42. The Morgan fingerprint density at radius 2 is 1.21 bits per heavy atom. The van der Waals surface area contributed by atoms with Gasteiger partial charge < -0.3 is 18.4 Å². The maximum atomic E-state index is 6.60. The third-order valence-electron chi connectivity index (χ3n) is 5.43. The van der Waals surface area contributed by atoms with Crippen molar-refractivity contribution in [2.24, 2.45) is 0 Å². The molecule has 0 bridgehead atoms. The van der Waals surface area contributed by atoms with E-state index >= 15 is 0 Å². The van der Waals surface area contributed by atoms with Crippen molar-refractivity contribution in [1.82, 2.24) is 0 Å². The van der Waals surface area contributed by atoms with Gasteiger partial charge in [0.2, 0.25) is 0 Å². The largest absolute Gasteiger partial charge is 0.788 e. The number of hydrogen-bond acceptors (Lipinski definition) is 3. The van der Waals surface area contributed by atoms with Gasteiger partial charge in [-0.15, -0.1) is 0 Å². The first-order valence-corrected chi connectivity index (χ1v) is 11.8. The second-order valence-electron chi connectivity index (χ2n) is 9.54. The fourth-order valence-corrected chi connectivity index (χ4v) is 4.21. The molecule has 0 radical (unpaired) electrons. The van der Waals surface area contributed by atoms with E-state index in [0.717, 1.165) is 35.4 Å². The zero-order valence-electron chi connectivity index (χ0n) is 20.2. The van der Waals surface area contributed by atoms with Crippen LogP contribution in [0.1, 0.15) is 32.1 Å². The lowest BCUT2D eigenvalue weighted by Crippen LogP contribution is -2.55. The van der Waals surface area contributed by atoms with E-state index in [1.165, 1.54) is 19.3 Å². The van der Waals surface area contributed by atoms with Crippen LogP contribution in [0.15, 0.2) is 91.0 Å². The van der Waals surface area contributed by atoms with E-state index < -0.39 is 7.32 Å². The van der Waals surface area contributed by atoms with Gasteiger partial charge in [-0.2, -0.15) is 36.4 Å². The molecule has 0 aliphatic heterocycles. The van der Waals surface area contributed by atoms with Crippen molar-refractivity contribution in [2.45, 2.75) is 37.7 Å². The van der Waals surface area contributed by atoms with Crippen LogP contribution >= 0.6 is 0 Å². The summed E-state index contributed by atoms with van der Waals surface area (Å²) in [6.45, 7) is 0.930. The van der Waals surface area contributed by atoms with Crippen LogP contribution in [0.3, 0.4) is 0 Å². The third-order valence-corrected chi connectivity index (χ3v) is 5.43. The highest BCUT2D eigenvalue weighted by atomic mass is 16.7. The molecule has 33 heavy (non-hydrogen) atoms. The van der Waals surface area contributed by atoms with Gasteiger partial charge in [0.05, 0.1) is 21.1 Å². The molecule has 5 heteroatoms. The van der Waals surface area contributed by atoms with E-state index in [1.807, 2.05) is 91.0 Å². The molecule has 3 aromatic carbocycles. The van der Waals surface area contributed by atoms with Gasteiger partial charge >= 0.3 is 7.32 Å². The lowest BCUT2D eigenvalue weighted by atomic mass is 9.82. The quantitative estimate of drug-likeness (QED) is 0.240. The van der Waals surface area contributed by atoms with E-state index in [0.29, 0.717) is 0 Å². The molecule has 1 saturated carbocycles. The Bertz CT molecular complexity index is 826. The van der Waals surface area contributed by atoms with Crippen LogP contribution in [0.4, 0.5) is 0 Å². The fourth-order valence-electron chi connectivity index (χ4n) is 4.21. The summed E-state index contributed by atoms with van der Waals surface area (Å²) in [4.78, 5) is 0. The molecule has 0 atom stereocenters. The van der Waals surface area contributed by atoms with Crippen LogP contribution in [0.2, 0.25) is 0 Å². The number of likely N-dealkylation sites (N-methyl/N-ethyl adjacent to an activating group) is 1. The lowest BCUT2D eigenvalue weighted by molar-refractivity contribution is -0.877. The molecular formula is C28H36BNO3. The zero-order chi connectivity index (χ0) is 23.4. The van der Waals surface area contributed by atoms with Crippen molar-refractivity contribution in [1.29, 1.82) is 0 Å². The summed E-state index contributed by atoms with van der Waals surface area (Å²) in [5.74, 6) is 1.49. The molecular weight excluding hydrogens is 409 g/mol. The number of nitrogens with zero attached hydrogens (tertiary/aromatic N) is 1. The maximum Gasteiger partial charge on any atom is 0.788 e. The molecule has 1 aliphatic carbocycles. The number of para-hydroxylation sites is 2. The van der Waals surface area contributed by atoms with Crippen molar-refractivity contribution < 1.29 is 18.4 Å². The van der Waals surface area contributed by atoms with Crippen molar-refractivity contribution in [3.63, 3.8) is 0 Å². The summed E-state index contributed by atoms with van der Waals surface area (Å²) in [6, 6.07) is 32.0. The van der Waals surface area contributed by atoms with Gasteiger partial charge in [0, 0.05) is 0 Å². The molecule has 1 aliphatic rings. The van der Waals surface area contributed by atoms with Crippen molar-refractivity contribution in [3.8, 4) is 11.5 Å². The van der Waals surface area contributed by atoms with E-state index in [9.17, 15) is 0 Å². The molecule has 3 aromatic rings. The minimum absolute atomic E-state index is 0.231. The minimum atomic E-state index is -0.778. The van der Waals surface area contributed by atoms with Crippen molar-refractivity contribution in [3.05, 3.63) is 97.1 Å². The van der Waals surface area contributed by atoms with Crippen LogP contribution < -0.4 is 9.31 Å². The fraction of sp³-hybridized carbons (Fsp3) is 0.357. The highest BCUT2D eigenvalue weighted by Gasteiger charge is 2.45. The summed E-state index contributed by atoms with van der Waals surface area (Å²) < 4.78 is 19.7. The van der Waals surface area contributed by atoms with Crippen LogP contribution in [0, 0.1) is 6.07 Å². The molecule has 0 unspecified atom stereocenters. The second kappa shape index (κ2) is 12.5. The summed E-state index contributed by atoms with van der Waals surface area (Å²) in [7, 11) is 5.86. The summed E-state index contributed by atoms with van der Waals surface area (Å²) in [6.07, 6.45) is 5.71. The zero-order valence-corrected chi connectivity index (χ0v) is 20.2. The van der Waals surface area contributed by atoms with Gasteiger partial charge in [0.15, 0.2) is 0 Å². The predicted octanol–water partition coefficient (Wildman–Crippen LogP) is 6.04. The Balaban J connectivity index is 0.000000442. The Kier molecular flexibility index (Phi) is 9.41. The third kappa shape index (κ3) is 9.33. The molecule has 0 N–H and O–H groups in total. The molecule has 4 nitrogen and oxygen atoms in total. The van der Waals surface area contributed by atoms with Gasteiger partial charge in [-0.1, -0.05) is 55.7 Å². The smallest absolute Gasteiger partial charge is 0.501 e. The highest BCUT2D eigenvalue weighted by molar-refractivity contribution is 6.38. The average Bonchev–Trinajstić information content (AvgIpc) is 2.81. The molecule has 0 spiro atoms. The molecule has 0 aromatic heterocycles. The number of hydrogen-bond donors (Lipinski definition) is 0. The standard InChI is InChI=1S/C22H31BNO3.C6H5/c1-24(2,3)19-22(17-11-6-12-18-22)27-23(25-20-13-7-4-8-14-20)26-21-15-9-5-10-16-21;1-2-4-6-5-3-1/h4-5,7-10,13-16H,6,11-12,17-19H2,1-3H3;1-5H/q+1;-1. The monoisotopic (exact) mass is 445 g/mol. The SMILES string of the molecule is C[N+](C)(C)CC1(OB(Oc2ccccc2)Oc2ccccc2)CCCCC1.[c-]1ccccc1. The normalized spacial score (nSPS) is 15.0. The van der Waals surface area contributed by atoms with E-state index in [-0.39, 0.29) is 5.60 Å². The van der Waals surface area contributed by atoms with Crippen molar-refractivity contribution in [2.75, 3.05) is 27.7 Å². The topological polar surface area (TPSA) is 27.7 Å². The van der Waals surface area contributed by atoms with E-state index in [2.05, 4.69) is 27.2 Å². The van der Waals surface area contributed by atoms with Gasteiger partial charge in [-0.3, -0.25) is 0 Å². The van der Waals surface area contributed by atoms with Gasteiger partial charge in [0.1, 0.15) is 23.6 Å². The molecule has 0 saturated heterocycles. The highest BCUT2D eigenvalue weighted by Crippen LogP contribution is 2.34. The molecule has 174 valence electrons. The van der Waals surface area contributed by atoms with E-state index in [1.54, 1.807) is 0 Å². The van der Waals surface area contributed by atoms with E-state index in [4.69, 9.17) is 14.0 Å². The minimum Gasteiger partial charge on any atom is -0.501 e. The Morgan fingerprint density at radius 3 is 1.61 bits per heavy atom. The summed E-state index contributed by atoms with van der Waals surface area (Å²) in [5, 5.41) is 0. The Morgan fingerprint density at radius 1 is 0.727 bits per heavy atom.